The number of rotatable bonds is 5. The van der Waals surface area contributed by atoms with Gasteiger partial charge in [0.25, 0.3) is 0 Å². The summed E-state index contributed by atoms with van der Waals surface area (Å²) in [6.07, 6.45) is -1.87. The zero-order chi connectivity index (χ0) is 18.9. The van der Waals surface area contributed by atoms with Gasteiger partial charge in [-0.3, -0.25) is 0 Å². The normalized spacial score (nSPS) is 19.9. The lowest BCUT2D eigenvalue weighted by molar-refractivity contribution is -0.176. The summed E-state index contributed by atoms with van der Waals surface area (Å²) >= 11 is 0. The number of alkyl halides is 3. The summed E-state index contributed by atoms with van der Waals surface area (Å²) in [5, 5.41) is 0. The molecule has 0 spiro atoms. The molecule has 0 saturated carbocycles. The van der Waals surface area contributed by atoms with Gasteiger partial charge in [-0.25, -0.2) is 18.1 Å². The van der Waals surface area contributed by atoms with Gasteiger partial charge in [-0.2, -0.15) is 13.2 Å². The summed E-state index contributed by atoms with van der Waals surface area (Å²) < 4.78 is 66.0. The summed E-state index contributed by atoms with van der Waals surface area (Å²) in [4.78, 5) is 5.64. The first-order chi connectivity index (χ1) is 11.4. The van der Waals surface area contributed by atoms with Crippen LogP contribution in [0.3, 0.4) is 0 Å². The monoisotopic (exact) mass is 379 g/mol. The third-order valence-electron chi connectivity index (χ3n) is 4.53. The molecule has 25 heavy (non-hydrogen) atoms. The predicted molar refractivity (Wildman–Crippen MR) is 89.9 cm³/mol. The first kappa shape index (κ1) is 20.0. The molecule has 1 aromatic heterocycles. The van der Waals surface area contributed by atoms with Gasteiger partial charge < -0.3 is 4.90 Å². The maximum atomic E-state index is 12.9. The largest absolute Gasteiger partial charge is 0.393 e. The topological polar surface area (TPSA) is 62.3 Å². The maximum Gasteiger partial charge on any atom is 0.393 e. The van der Waals surface area contributed by atoms with Gasteiger partial charge in [0.15, 0.2) is 0 Å². The number of nitrogens with one attached hydrogen (secondary N) is 1. The number of hydrogen-bond donors (Lipinski definition) is 1. The van der Waals surface area contributed by atoms with Crippen molar-refractivity contribution < 1.29 is 21.6 Å². The van der Waals surface area contributed by atoms with Crippen molar-refractivity contribution >= 4 is 15.8 Å². The van der Waals surface area contributed by atoms with Crippen LogP contribution in [-0.4, -0.2) is 38.2 Å². The molecule has 0 bridgehead atoms. The van der Waals surface area contributed by atoms with Crippen LogP contribution in [0.2, 0.25) is 0 Å². The summed E-state index contributed by atoms with van der Waals surface area (Å²) in [5.41, 5.74) is -0.593. The molecule has 1 atom stereocenters. The fourth-order valence-electron chi connectivity index (χ4n) is 2.67. The van der Waals surface area contributed by atoms with E-state index in [1.807, 2.05) is 6.92 Å². The molecule has 0 aliphatic carbocycles. The van der Waals surface area contributed by atoms with E-state index in [2.05, 4.69) is 9.71 Å². The molecular formula is C16H24F3N3O2S. The highest BCUT2D eigenvalue weighted by molar-refractivity contribution is 7.89. The molecule has 9 heteroatoms. The smallest absolute Gasteiger partial charge is 0.356 e. The lowest BCUT2D eigenvalue weighted by Gasteiger charge is -2.34. The third kappa shape index (κ3) is 5.07. The summed E-state index contributed by atoms with van der Waals surface area (Å²) in [6, 6.07) is 2.85. The van der Waals surface area contributed by atoms with Crippen molar-refractivity contribution in [2.75, 3.05) is 18.0 Å². The van der Waals surface area contributed by atoms with Gasteiger partial charge in [0, 0.05) is 24.8 Å². The van der Waals surface area contributed by atoms with Gasteiger partial charge >= 0.3 is 6.18 Å². The van der Waals surface area contributed by atoms with Crippen molar-refractivity contribution in [3.63, 3.8) is 0 Å². The van der Waals surface area contributed by atoms with Crippen LogP contribution in [0, 0.1) is 5.92 Å². The number of hydrogen-bond acceptors (Lipinski definition) is 4. The second-order valence-electron chi connectivity index (χ2n) is 7.02. The highest BCUT2D eigenvalue weighted by Crippen LogP contribution is 2.34. The summed E-state index contributed by atoms with van der Waals surface area (Å²) in [6.45, 7) is 5.75. The number of piperidine rings is 1. The number of anilines is 1. The molecule has 1 N–H and O–H groups in total. The second kappa shape index (κ2) is 7.11. The fraction of sp³-hybridized carbons (Fsp3) is 0.688. The van der Waals surface area contributed by atoms with E-state index in [0.29, 0.717) is 25.2 Å². The Bertz CT molecular complexity index is 688. The van der Waals surface area contributed by atoms with Crippen molar-refractivity contribution in [2.24, 2.45) is 5.92 Å². The van der Waals surface area contributed by atoms with Crippen molar-refractivity contribution in [3.8, 4) is 0 Å². The Balaban J connectivity index is 2.14. The molecule has 1 fully saturated rings. The molecule has 0 amide bonds. The fourth-order valence-corrected chi connectivity index (χ4v) is 4.09. The van der Waals surface area contributed by atoms with Crippen molar-refractivity contribution in [3.05, 3.63) is 18.3 Å². The van der Waals surface area contributed by atoms with Crippen LogP contribution < -0.4 is 9.62 Å². The van der Waals surface area contributed by atoms with Crippen LogP contribution in [0.25, 0.3) is 0 Å². The van der Waals surface area contributed by atoms with Crippen LogP contribution >= 0.6 is 0 Å². The predicted octanol–water partition coefficient (Wildman–Crippen LogP) is 3.33. The molecule has 0 radical (unpaired) electrons. The van der Waals surface area contributed by atoms with E-state index in [4.69, 9.17) is 0 Å². The molecule has 1 aliphatic heterocycles. The summed E-state index contributed by atoms with van der Waals surface area (Å²) in [7, 11) is -3.72. The number of sulfonamides is 1. The Morgan fingerprint density at radius 2 is 2.00 bits per heavy atom. The lowest BCUT2D eigenvalue weighted by Crippen LogP contribution is -2.43. The maximum absolute atomic E-state index is 12.9. The van der Waals surface area contributed by atoms with Gasteiger partial charge in [-0.05, 0) is 45.2 Å². The Hall–Kier alpha value is -1.35. The minimum Gasteiger partial charge on any atom is -0.356 e. The van der Waals surface area contributed by atoms with E-state index >= 15 is 0 Å². The van der Waals surface area contributed by atoms with Gasteiger partial charge in [-0.15, -0.1) is 0 Å². The first-order valence-corrected chi connectivity index (χ1v) is 9.74. The zero-order valence-corrected chi connectivity index (χ0v) is 15.4. The zero-order valence-electron chi connectivity index (χ0n) is 14.6. The van der Waals surface area contributed by atoms with Crippen molar-refractivity contribution in [2.45, 2.75) is 56.6 Å². The van der Waals surface area contributed by atoms with E-state index in [1.54, 1.807) is 18.7 Å². The van der Waals surface area contributed by atoms with Crippen molar-refractivity contribution in [1.29, 1.82) is 0 Å². The van der Waals surface area contributed by atoms with E-state index in [1.165, 1.54) is 18.3 Å². The number of aromatic nitrogens is 1. The molecule has 1 aromatic rings. The Kier molecular flexibility index (Phi) is 5.68. The lowest BCUT2D eigenvalue weighted by atomic mass is 9.97. The van der Waals surface area contributed by atoms with E-state index in [9.17, 15) is 21.6 Å². The minimum atomic E-state index is -4.22. The molecule has 0 aromatic carbocycles. The average molecular weight is 379 g/mol. The van der Waals surface area contributed by atoms with Crippen LogP contribution in [0.15, 0.2) is 23.2 Å². The van der Waals surface area contributed by atoms with E-state index < -0.39 is 27.7 Å². The quantitative estimate of drug-likeness (QED) is 0.852. The average Bonchev–Trinajstić information content (AvgIpc) is 2.53. The molecule has 1 aliphatic rings. The van der Waals surface area contributed by atoms with Crippen LogP contribution in [0.5, 0.6) is 0 Å². The Morgan fingerprint density at radius 1 is 1.32 bits per heavy atom. The molecular weight excluding hydrogens is 355 g/mol. The number of pyridine rings is 1. The standard InChI is InChI=1S/C16H24F3N3O2S/c1-4-15(2,3)21-25(23,24)13-7-8-14(20-10-13)22-9-5-6-12(11-22)16(17,18)19/h7-8,10,12,21H,4-6,9,11H2,1-3H3/t12-/m1/s1. The number of nitrogens with zero attached hydrogens (tertiary/aromatic N) is 2. The molecule has 1 saturated heterocycles. The second-order valence-corrected chi connectivity index (χ2v) is 8.70. The third-order valence-corrected chi connectivity index (χ3v) is 6.22. The van der Waals surface area contributed by atoms with Crippen LogP contribution in [0.1, 0.15) is 40.0 Å². The van der Waals surface area contributed by atoms with E-state index in [-0.39, 0.29) is 17.9 Å². The number of halogens is 3. The van der Waals surface area contributed by atoms with Gasteiger partial charge in [-0.1, -0.05) is 6.92 Å². The Labute approximate surface area is 146 Å². The van der Waals surface area contributed by atoms with Crippen LogP contribution in [-0.2, 0) is 10.0 Å². The highest BCUT2D eigenvalue weighted by atomic mass is 32.2. The van der Waals surface area contributed by atoms with Gasteiger partial charge in [0.2, 0.25) is 10.0 Å². The molecule has 5 nitrogen and oxygen atoms in total. The van der Waals surface area contributed by atoms with Gasteiger partial charge in [0.1, 0.15) is 10.7 Å². The van der Waals surface area contributed by atoms with Gasteiger partial charge in [0.05, 0.1) is 5.92 Å². The molecule has 2 rings (SSSR count). The molecule has 0 unspecified atom stereocenters. The minimum absolute atomic E-state index is 0.00200. The molecule has 2 heterocycles. The Morgan fingerprint density at radius 3 is 2.52 bits per heavy atom. The SMILES string of the molecule is CCC(C)(C)NS(=O)(=O)c1ccc(N2CCC[C@@H](C(F)(F)F)C2)nc1. The first-order valence-electron chi connectivity index (χ1n) is 8.26. The van der Waals surface area contributed by atoms with E-state index in [0.717, 1.165) is 0 Å². The van der Waals surface area contributed by atoms with Crippen LogP contribution in [0.4, 0.5) is 19.0 Å². The highest BCUT2D eigenvalue weighted by Gasteiger charge is 2.42. The molecule has 142 valence electrons. The summed E-state index contributed by atoms with van der Waals surface area (Å²) in [5.74, 6) is -1.01. The van der Waals surface area contributed by atoms with Crippen molar-refractivity contribution in [1.82, 2.24) is 9.71 Å².